The normalized spacial score (nSPS) is 21.7. The number of rotatable bonds is 6. The zero-order valence-electron chi connectivity index (χ0n) is 9.15. The van der Waals surface area contributed by atoms with Crippen molar-refractivity contribution in [2.24, 2.45) is 0 Å². The quantitative estimate of drug-likeness (QED) is 0.470. The van der Waals surface area contributed by atoms with Gasteiger partial charge in [-0.15, -0.1) is 0 Å². The molecule has 1 rings (SSSR count). The van der Waals surface area contributed by atoms with Crippen molar-refractivity contribution in [3.05, 3.63) is 0 Å². The van der Waals surface area contributed by atoms with Crippen LogP contribution in [0.1, 0.15) is 6.42 Å². The molecule has 0 saturated carbocycles. The second kappa shape index (κ2) is 6.42. The van der Waals surface area contributed by atoms with Gasteiger partial charge < -0.3 is 14.4 Å². The van der Waals surface area contributed by atoms with Gasteiger partial charge in [0.15, 0.2) is 9.84 Å². The molecule has 0 aliphatic carbocycles. The molecule has 1 aliphatic rings. The summed E-state index contributed by atoms with van der Waals surface area (Å²) in [6, 6.07) is 0. The number of hydrogen-bond donors (Lipinski definition) is 0. The Morgan fingerprint density at radius 2 is 1.93 bits per heavy atom. The molecule has 15 heavy (non-hydrogen) atoms. The van der Waals surface area contributed by atoms with Crippen molar-refractivity contribution >= 4 is 9.84 Å². The number of sulfone groups is 1. The third-order valence-corrected chi connectivity index (χ3v) is 4.01. The first-order chi connectivity index (χ1) is 7.14. The lowest BCUT2D eigenvalue weighted by atomic mass is 10.4. The Bertz CT molecular complexity index is 251. The van der Waals surface area contributed by atoms with Crippen molar-refractivity contribution in [1.29, 1.82) is 0 Å². The van der Waals surface area contributed by atoms with Crippen molar-refractivity contribution in [2.45, 2.75) is 6.42 Å². The van der Waals surface area contributed by atoms with E-state index in [1.807, 2.05) is 0 Å². The van der Waals surface area contributed by atoms with Gasteiger partial charge in [0.2, 0.25) is 0 Å². The van der Waals surface area contributed by atoms with Crippen LogP contribution >= 0.6 is 0 Å². The monoisotopic (exact) mass is 237 g/mol. The summed E-state index contributed by atoms with van der Waals surface area (Å²) in [4.78, 5) is 2.16. The molecule has 0 aromatic rings. The van der Waals surface area contributed by atoms with Crippen LogP contribution in [0.2, 0.25) is 0 Å². The van der Waals surface area contributed by atoms with Crippen LogP contribution in [0.4, 0.5) is 0 Å². The molecule has 0 N–H and O–H groups in total. The number of hydrogen-bond acceptors (Lipinski definition) is 5. The average Bonchev–Trinajstić information content (AvgIpc) is 2.20. The number of nitrogens with zero attached hydrogens (tertiary/aromatic N) is 1. The van der Waals surface area contributed by atoms with Crippen molar-refractivity contribution < 1.29 is 17.9 Å². The molecule has 5 nitrogen and oxygen atoms in total. The molecule has 90 valence electrons. The fraction of sp³-hybridized carbons (Fsp3) is 1.00. The van der Waals surface area contributed by atoms with E-state index in [0.717, 1.165) is 13.0 Å². The molecule has 6 heteroatoms. The van der Waals surface area contributed by atoms with Gasteiger partial charge in [-0.2, -0.15) is 0 Å². The molecular weight excluding hydrogens is 218 g/mol. The molecule has 1 aliphatic heterocycles. The van der Waals surface area contributed by atoms with Crippen molar-refractivity contribution in [2.75, 3.05) is 51.6 Å². The predicted molar refractivity (Wildman–Crippen MR) is 57.5 cm³/mol. The maximum atomic E-state index is 11.1. The van der Waals surface area contributed by atoms with Gasteiger partial charge in [0.25, 0.3) is 0 Å². The van der Waals surface area contributed by atoms with Crippen LogP contribution in [0.5, 0.6) is 0 Å². The molecule has 0 unspecified atom stereocenters. The Balaban J connectivity index is 2.04. The molecule has 1 heterocycles. The van der Waals surface area contributed by atoms with Gasteiger partial charge in [-0.1, -0.05) is 0 Å². The van der Waals surface area contributed by atoms with E-state index in [2.05, 4.69) is 4.90 Å². The van der Waals surface area contributed by atoms with Crippen LogP contribution in [0.3, 0.4) is 0 Å². The average molecular weight is 237 g/mol. The van der Waals surface area contributed by atoms with Crippen LogP contribution in [-0.2, 0) is 19.3 Å². The van der Waals surface area contributed by atoms with Crippen LogP contribution in [0, 0.1) is 0 Å². The molecule has 0 aromatic carbocycles. The lowest BCUT2D eigenvalue weighted by Gasteiger charge is -2.26. The summed E-state index contributed by atoms with van der Waals surface area (Å²) in [6.45, 7) is 3.21. The van der Waals surface area contributed by atoms with Crippen molar-refractivity contribution in [1.82, 2.24) is 4.90 Å². The van der Waals surface area contributed by atoms with Gasteiger partial charge >= 0.3 is 0 Å². The van der Waals surface area contributed by atoms with E-state index in [-0.39, 0.29) is 0 Å². The van der Waals surface area contributed by atoms with E-state index < -0.39 is 9.84 Å². The maximum absolute atomic E-state index is 11.1. The first-order valence-corrected chi connectivity index (χ1v) is 6.96. The van der Waals surface area contributed by atoms with Crippen molar-refractivity contribution in [3.8, 4) is 0 Å². The van der Waals surface area contributed by atoms with E-state index >= 15 is 0 Å². The molecule has 0 radical (unpaired) electrons. The highest BCUT2D eigenvalue weighted by atomic mass is 32.2. The fourth-order valence-electron chi connectivity index (χ4n) is 1.51. The third-order valence-electron chi connectivity index (χ3n) is 2.40. The molecule has 0 amide bonds. The summed E-state index contributed by atoms with van der Waals surface area (Å²) in [5, 5.41) is 0. The molecular formula is C9H19NO4S. The summed E-state index contributed by atoms with van der Waals surface area (Å²) in [6.07, 6.45) is 0.920. The second-order valence-electron chi connectivity index (χ2n) is 3.66. The van der Waals surface area contributed by atoms with Gasteiger partial charge in [0.05, 0.1) is 18.1 Å². The van der Waals surface area contributed by atoms with Gasteiger partial charge in [-0.25, -0.2) is 8.42 Å². The number of methoxy groups -OCH3 is 1. The van der Waals surface area contributed by atoms with E-state index in [1.54, 1.807) is 7.11 Å². The summed E-state index contributed by atoms with van der Waals surface area (Å²) in [5.74, 6) is 0.595. The second-order valence-corrected chi connectivity index (χ2v) is 5.97. The highest BCUT2D eigenvalue weighted by Gasteiger charge is 2.20. The predicted octanol–water partition coefficient (Wildman–Crippen LogP) is -0.273. The highest BCUT2D eigenvalue weighted by Crippen LogP contribution is 2.04. The Labute approximate surface area is 91.3 Å². The van der Waals surface area contributed by atoms with Crippen LogP contribution < -0.4 is 0 Å². The Hall–Kier alpha value is -0.170. The Kier molecular flexibility index (Phi) is 5.52. The van der Waals surface area contributed by atoms with Gasteiger partial charge in [0.1, 0.15) is 6.79 Å². The van der Waals surface area contributed by atoms with Gasteiger partial charge in [0, 0.05) is 26.7 Å². The molecule has 0 atom stereocenters. The Morgan fingerprint density at radius 1 is 1.27 bits per heavy atom. The first-order valence-electron chi connectivity index (χ1n) is 5.13. The van der Waals surface area contributed by atoms with E-state index in [1.165, 1.54) is 0 Å². The summed E-state index contributed by atoms with van der Waals surface area (Å²) >= 11 is 0. The van der Waals surface area contributed by atoms with Crippen LogP contribution in [-0.4, -0.2) is 65.0 Å². The van der Waals surface area contributed by atoms with E-state index in [0.29, 0.717) is 38.0 Å². The fourth-order valence-corrected chi connectivity index (χ4v) is 2.78. The molecule has 1 fully saturated rings. The molecule has 0 bridgehead atoms. The SMILES string of the molecule is COCOCCCN1CCS(=O)(=O)CC1. The van der Waals surface area contributed by atoms with Crippen molar-refractivity contribution in [3.63, 3.8) is 0 Å². The van der Waals surface area contributed by atoms with E-state index in [9.17, 15) is 8.42 Å². The minimum atomic E-state index is -2.75. The zero-order chi connectivity index (χ0) is 11.1. The maximum Gasteiger partial charge on any atom is 0.152 e. The molecule has 0 aromatic heterocycles. The van der Waals surface area contributed by atoms with Crippen LogP contribution in [0.15, 0.2) is 0 Å². The topological polar surface area (TPSA) is 55.8 Å². The van der Waals surface area contributed by atoms with Crippen LogP contribution in [0.25, 0.3) is 0 Å². The summed E-state index contributed by atoms with van der Waals surface area (Å²) < 4.78 is 32.2. The highest BCUT2D eigenvalue weighted by molar-refractivity contribution is 7.91. The first kappa shape index (κ1) is 12.9. The summed E-state index contributed by atoms with van der Waals surface area (Å²) in [7, 11) is -1.16. The standard InChI is InChI=1S/C9H19NO4S/c1-13-9-14-6-2-3-10-4-7-15(11,12)8-5-10/h2-9H2,1H3. The minimum absolute atomic E-state index is 0.298. The third kappa shape index (κ3) is 5.46. The van der Waals surface area contributed by atoms with Gasteiger partial charge in [-0.3, -0.25) is 0 Å². The minimum Gasteiger partial charge on any atom is -0.359 e. The largest absolute Gasteiger partial charge is 0.359 e. The molecule has 0 spiro atoms. The number of ether oxygens (including phenoxy) is 2. The molecule has 1 saturated heterocycles. The Morgan fingerprint density at radius 3 is 2.53 bits per heavy atom. The lowest BCUT2D eigenvalue weighted by Crippen LogP contribution is -2.40. The van der Waals surface area contributed by atoms with E-state index in [4.69, 9.17) is 9.47 Å². The smallest absolute Gasteiger partial charge is 0.152 e. The summed E-state index contributed by atoms with van der Waals surface area (Å²) in [5.41, 5.74) is 0. The van der Waals surface area contributed by atoms with Gasteiger partial charge in [-0.05, 0) is 6.42 Å². The zero-order valence-corrected chi connectivity index (χ0v) is 9.96. The lowest BCUT2D eigenvalue weighted by molar-refractivity contribution is -0.0326.